The van der Waals surface area contributed by atoms with Gasteiger partial charge in [0.15, 0.2) is 11.7 Å². The normalized spacial score (nSPS) is 12.4. The van der Waals surface area contributed by atoms with Gasteiger partial charge in [-0.05, 0) is 16.7 Å². The van der Waals surface area contributed by atoms with Crippen molar-refractivity contribution in [3.63, 3.8) is 0 Å². The van der Waals surface area contributed by atoms with E-state index in [2.05, 4.69) is 0 Å². The molecule has 0 amide bonds. The van der Waals surface area contributed by atoms with Crippen LogP contribution >= 0.6 is 0 Å². The average molecular weight is 332 g/mol. The molecule has 3 nitrogen and oxygen atoms in total. The minimum Gasteiger partial charge on any atom is -0.454 e. The summed E-state index contributed by atoms with van der Waals surface area (Å²) in [5.74, 6) is -0.445. The lowest BCUT2D eigenvalue weighted by molar-refractivity contribution is -0.160. The molecule has 0 saturated carbocycles. The molecule has 126 valence electrons. The van der Waals surface area contributed by atoms with Crippen molar-refractivity contribution in [3.8, 4) is 0 Å². The molecule has 1 N–H and O–H groups in total. The highest BCUT2D eigenvalue weighted by atomic mass is 16.6. The summed E-state index contributed by atoms with van der Waals surface area (Å²) < 4.78 is 5.62. The number of aliphatic hydroxyl groups is 1. The molecule has 0 saturated heterocycles. The molecule has 25 heavy (non-hydrogen) atoms. The van der Waals surface area contributed by atoms with Gasteiger partial charge in [-0.2, -0.15) is 0 Å². The van der Waals surface area contributed by atoms with Gasteiger partial charge in [0.05, 0.1) is 0 Å². The fourth-order valence-corrected chi connectivity index (χ4v) is 3.04. The van der Waals surface area contributed by atoms with E-state index in [-0.39, 0.29) is 0 Å². The van der Waals surface area contributed by atoms with E-state index >= 15 is 0 Å². The Morgan fingerprint density at radius 1 is 0.800 bits per heavy atom. The summed E-state index contributed by atoms with van der Waals surface area (Å²) in [7, 11) is 0. The van der Waals surface area contributed by atoms with Crippen LogP contribution in [-0.2, 0) is 15.1 Å². The lowest BCUT2D eigenvalue weighted by atomic mass is 9.79. The first-order chi connectivity index (χ1) is 12.1. The SMILES string of the molecule is CC(=O)O[C@@H](c1ccccc1)C(O)(c1ccccc1)c1ccccc1. The topological polar surface area (TPSA) is 46.5 Å². The molecule has 3 aromatic rings. The van der Waals surface area contributed by atoms with Gasteiger partial charge in [-0.15, -0.1) is 0 Å². The van der Waals surface area contributed by atoms with Crippen LogP contribution in [0.5, 0.6) is 0 Å². The minimum atomic E-state index is -1.50. The third-order valence-corrected chi connectivity index (χ3v) is 4.19. The molecular weight excluding hydrogens is 312 g/mol. The van der Waals surface area contributed by atoms with Crippen molar-refractivity contribution >= 4 is 5.97 Å². The first-order valence-corrected chi connectivity index (χ1v) is 8.18. The van der Waals surface area contributed by atoms with Gasteiger partial charge in [0, 0.05) is 6.92 Å². The van der Waals surface area contributed by atoms with Crippen LogP contribution < -0.4 is 0 Å². The van der Waals surface area contributed by atoms with E-state index in [0.717, 1.165) is 5.56 Å². The molecule has 0 spiro atoms. The molecule has 0 radical (unpaired) electrons. The number of hydrogen-bond acceptors (Lipinski definition) is 3. The summed E-state index contributed by atoms with van der Waals surface area (Å²) in [6, 6.07) is 27.9. The Bertz CT molecular complexity index is 774. The van der Waals surface area contributed by atoms with Crippen molar-refractivity contribution in [3.05, 3.63) is 108 Å². The number of esters is 1. The van der Waals surface area contributed by atoms with E-state index < -0.39 is 17.7 Å². The second-order valence-corrected chi connectivity index (χ2v) is 5.90. The van der Waals surface area contributed by atoms with Crippen molar-refractivity contribution in [2.45, 2.75) is 18.6 Å². The van der Waals surface area contributed by atoms with E-state index in [1.807, 2.05) is 91.0 Å². The molecule has 0 bridgehead atoms. The van der Waals surface area contributed by atoms with E-state index in [9.17, 15) is 9.90 Å². The number of benzene rings is 3. The lowest BCUT2D eigenvalue weighted by Crippen LogP contribution is -2.37. The van der Waals surface area contributed by atoms with Crippen LogP contribution in [0.15, 0.2) is 91.0 Å². The van der Waals surface area contributed by atoms with Gasteiger partial charge in [-0.3, -0.25) is 4.79 Å². The maximum Gasteiger partial charge on any atom is 0.303 e. The van der Waals surface area contributed by atoms with Crippen LogP contribution in [-0.4, -0.2) is 11.1 Å². The first-order valence-electron chi connectivity index (χ1n) is 8.18. The summed E-state index contributed by atoms with van der Waals surface area (Å²) in [5.41, 5.74) is 0.552. The van der Waals surface area contributed by atoms with Crippen LogP contribution in [0.25, 0.3) is 0 Å². The zero-order valence-corrected chi connectivity index (χ0v) is 14.0. The molecule has 0 aliphatic carbocycles. The Balaban J connectivity index is 2.22. The van der Waals surface area contributed by atoms with Gasteiger partial charge in [0.2, 0.25) is 0 Å². The molecule has 0 heterocycles. The molecule has 0 aromatic heterocycles. The fraction of sp³-hybridized carbons (Fsp3) is 0.136. The number of ether oxygens (including phenoxy) is 1. The Hall–Kier alpha value is -2.91. The minimum absolute atomic E-state index is 0.445. The summed E-state index contributed by atoms with van der Waals surface area (Å²) in [6.07, 6.45) is -0.865. The van der Waals surface area contributed by atoms with Gasteiger partial charge >= 0.3 is 5.97 Å². The third-order valence-electron chi connectivity index (χ3n) is 4.19. The monoisotopic (exact) mass is 332 g/mol. The van der Waals surface area contributed by atoms with Crippen LogP contribution in [0.3, 0.4) is 0 Å². The van der Waals surface area contributed by atoms with Crippen molar-refractivity contribution < 1.29 is 14.6 Å². The Labute approximate surface area is 147 Å². The molecular formula is C22H20O3. The predicted molar refractivity (Wildman–Crippen MR) is 96.8 cm³/mol. The predicted octanol–water partition coefficient (Wildman–Crippen LogP) is 4.23. The molecule has 0 aliphatic rings. The van der Waals surface area contributed by atoms with Gasteiger partial charge < -0.3 is 9.84 Å². The molecule has 3 rings (SSSR count). The van der Waals surface area contributed by atoms with Crippen LogP contribution in [0, 0.1) is 0 Å². The summed E-state index contributed by atoms with van der Waals surface area (Å²) >= 11 is 0. The van der Waals surface area contributed by atoms with E-state index in [1.165, 1.54) is 6.92 Å². The molecule has 1 atom stereocenters. The van der Waals surface area contributed by atoms with Crippen molar-refractivity contribution in [1.29, 1.82) is 0 Å². The molecule has 3 heteroatoms. The number of carbonyl (C=O) groups excluding carboxylic acids is 1. The summed E-state index contributed by atoms with van der Waals surface area (Å²) in [4.78, 5) is 11.8. The fourth-order valence-electron chi connectivity index (χ4n) is 3.04. The zero-order chi connectivity index (χ0) is 17.7. The van der Waals surface area contributed by atoms with E-state index in [0.29, 0.717) is 11.1 Å². The highest BCUT2D eigenvalue weighted by molar-refractivity contribution is 5.66. The third kappa shape index (κ3) is 3.47. The Morgan fingerprint density at radius 3 is 1.60 bits per heavy atom. The lowest BCUT2D eigenvalue weighted by Gasteiger charge is -2.36. The van der Waals surface area contributed by atoms with Crippen LogP contribution in [0.2, 0.25) is 0 Å². The standard InChI is InChI=1S/C22H20O3/c1-17(23)25-21(18-11-5-2-6-12-18)22(24,19-13-7-3-8-14-19)20-15-9-4-10-16-20/h2-16,21,24H,1H3/t21-/m0/s1. The van der Waals surface area contributed by atoms with Gasteiger partial charge in [0.25, 0.3) is 0 Å². The number of hydrogen-bond donors (Lipinski definition) is 1. The summed E-state index contributed by atoms with van der Waals surface area (Å²) in [5, 5.41) is 11.8. The molecule has 3 aromatic carbocycles. The zero-order valence-electron chi connectivity index (χ0n) is 14.0. The maximum absolute atomic E-state index is 11.8. The van der Waals surface area contributed by atoms with Gasteiger partial charge in [-0.25, -0.2) is 0 Å². The Kier molecular flexibility index (Phi) is 4.96. The van der Waals surface area contributed by atoms with Gasteiger partial charge in [-0.1, -0.05) is 91.0 Å². The average Bonchev–Trinajstić information content (AvgIpc) is 2.67. The van der Waals surface area contributed by atoms with E-state index in [1.54, 1.807) is 0 Å². The van der Waals surface area contributed by atoms with Gasteiger partial charge in [0.1, 0.15) is 0 Å². The number of carbonyl (C=O) groups is 1. The first kappa shape index (κ1) is 16.9. The largest absolute Gasteiger partial charge is 0.454 e. The van der Waals surface area contributed by atoms with Crippen LogP contribution in [0.1, 0.15) is 29.7 Å². The Morgan fingerprint density at radius 2 is 1.20 bits per heavy atom. The summed E-state index contributed by atoms with van der Waals surface area (Å²) in [6.45, 7) is 1.35. The second kappa shape index (κ2) is 7.32. The molecule has 0 unspecified atom stereocenters. The van der Waals surface area contributed by atoms with Crippen molar-refractivity contribution in [1.82, 2.24) is 0 Å². The maximum atomic E-state index is 11.8. The second-order valence-electron chi connectivity index (χ2n) is 5.90. The van der Waals surface area contributed by atoms with Crippen LogP contribution in [0.4, 0.5) is 0 Å². The smallest absolute Gasteiger partial charge is 0.303 e. The van der Waals surface area contributed by atoms with Crippen molar-refractivity contribution in [2.75, 3.05) is 0 Å². The highest BCUT2D eigenvalue weighted by Gasteiger charge is 2.43. The highest BCUT2D eigenvalue weighted by Crippen LogP contribution is 2.43. The molecule has 0 aliphatic heterocycles. The molecule has 0 fully saturated rings. The number of rotatable bonds is 5. The quantitative estimate of drug-likeness (QED) is 0.711. The van der Waals surface area contributed by atoms with Crippen molar-refractivity contribution in [2.24, 2.45) is 0 Å². The van der Waals surface area contributed by atoms with E-state index in [4.69, 9.17) is 4.74 Å².